The molecule has 2 saturated heterocycles. The number of carbonyl (C=O) groups is 2. The number of carbonyl (C=O) groups excluding carboxylic acids is 2. The molecule has 0 aliphatic carbocycles. The molecule has 2 fully saturated rings. The van der Waals surface area contributed by atoms with Gasteiger partial charge in [0.1, 0.15) is 0 Å². The van der Waals surface area contributed by atoms with Crippen LogP contribution in [0.4, 0.5) is 11.4 Å². The van der Waals surface area contributed by atoms with E-state index in [4.69, 9.17) is 0 Å². The molecular formula is C20H30N4O2. The summed E-state index contributed by atoms with van der Waals surface area (Å²) in [5, 5.41) is 2.94. The van der Waals surface area contributed by atoms with Gasteiger partial charge < -0.3 is 10.2 Å². The van der Waals surface area contributed by atoms with Crippen LogP contribution in [0, 0.1) is 0 Å². The number of likely N-dealkylation sites (tertiary alicyclic amines) is 2. The molecule has 1 N–H and O–H groups in total. The lowest BCUT2D eigenvalue weighted by Gasteiger charge is -2.49. The number of nitrogens with zero attached hydrogens (tertiary/aromatic N) is 3. The highest BCUT2D eigenvalue weighted by Gasteiger charge is 2.35. The van der Waals surface area contributed by atoms with Crippen LogP contribution in [0.1, 0.15) is 33.1 Å². The molecule has 6 heteroatoms. The number of rotatable bonds is 5. The van der Waals surface area contributed by atoms with Gasteiger partial charge in [-0.15, -0.1) is 0 Å². The Bertz CT molecular complexity index is 640. The highest BCUT2D eigenvalue weighted by Crippen LogP contribution is 2.24. The summed E-state index contributed by atoms with van der Waals surface area (Å²) in [6.07, 6.45) is 3.94. The molecule has 142 valence electrons. The summed E-state index contributed by atoms with van der Waals surface area (Å²) in [7, 11) is 1.74. The number of hydrogen-bond acceptors (Lipinski definition) is 4. The summed E-state index contributed by atoms with van der Waals surface area (Å²) in [5.41, 5.74) is 1.58. The van der Waals surface area contributed by atoms with Gasteiger partial charge in [0, 0.05) is 50.5 Å². The fourth-order valence-corrected chi connectivity index (χ4v) is 3.90. The molecule has 0 spiro atoms. The first-order chi connectivity index (χ1) is 12.4. The number of benzene rings is 1. The Morgan fingerprint density at radius 2 is 1.88 bits per heavy atom. The molecule has 0 bridgehead atoms. The molecule has 1 aromatic rings. The minimum Gasteiger partial charge on any atom is -0.325 e. The van der Waals surface area contributed by atoms with Crippen LogP contribution in [0.2, 0.25) is 0 Å². The van der Waals surface area contributed by atoms with Crippen LogP contribution in [0.15, 0.2) is 24.3 Å². The van der Waals surface area contributed by atoms with Crippen molar-refractivity contribution in [2.24, 2.45) is 0 Å². The van der Waals surface area contributed by atoms with Crippen LogP contribution in [0.25, 0.3) is 0 Å². The lowest BCUT2D eigenvalue weighted by atomic mass is 9.97. The van der Waals surface area contributed by atoms with Crippen molar-refractivity contribution in [2.45, 2.75) is 45.2 Å². The first kappa shape index (κ1) is 18.9. The van der Waals surface area contributed by atoms with E-state index in [0.717, 1.165) is 24.5 Å². The molecule has 2 aliphatic heterocycles. The van der Waals surface area contributed by atoms with E-state index in [1.807, 2.05) is 24.3 Å². The Kier molecular flexibility index (Phi) is 5.94. The maximum absolute atomic E-state index is 12.3. The zero-order chi connectivity index (χ0) is 18.7. The van der Waals surface area contributed by atoms with E-state index in [1.54, 1.807) is 11.9 Å². The second-order valence-corrected chi connectivity index (χ2v) is 7.60. The Morgan fingerprint density at radius 3 is 2.50 bits per heavy atom. The molecule has 0 aromatic heterocycles. The first-order valence-corrected chi connectivity index (χ1v) is 9.56. The fraction of sp³-hybridized carbons (Fsp3) is 0.600. The van der Waals surface area contributed by atoms with Crippen molar-refractivity contribution < 1.29 is 9.59 Å². The van der Waals surface area contributed by atoms with E-state index in [9.17, 15) is 9.59 Å². The largest absolute Gasteiger partial charge is 0.325 e. The molecule has 2 amide bonds. The second-order valence-electron chi connectivity index (χ2n) is 7.60. The lowest BCUT2D eigenvalue weighted by Crippen LogP contribution is -2.63. The van der Waals surface area contributed by atoms with Crippen molar-refractivity contribution >= 4 is 23.2 Å². The molecular weight excluding hydrogens is 328 g/mol. The van der Waals surface area contributed by atoms with Crippen LogP contribution < -0.4 is 10.2 Å². The second kappa shape index (κ2) is 8.18. The van der Waals surface area contributed by atoms with Gasteiger partial charge in [0.2, 0.25) is 11.8 Å². The summed E-state index contributed by atoms with van der Waals surface area (Å²) >= 11 is 0. The third kappa shape index (κ3) is 4.43. The number of nitrogens with one attached hydrogen (secondary N) is 1. The topological polar surface area (TPSA) is 55.9 Å². The van der Waals surface area contributed by atoms with E-state index in [-0.39, 0.29) is 11.8 Å². The van der Waals surface area contributed by atoms with Crippen molar-refractivity contribution in [2.75, 3.05) is 43.4 Å². The standard InChI is InChI=1S/C20H30N4O2/c1-15-6-4-5-11-24(15)19-12-23(13-19)14-20(26)21-17-7-9-18(10-8-17)22(3)16(2)25/h7-10,15,19H,4-6,11-14H2,1-3H3,(H,21,26)/t15-/m1/s1. The zero-order valence-electron chi connectivity index (χ0n) is 16.1. The van der Waals surface area contributed by atoms with Crippen molar-refractivity contribution in [1.82, 2.24) is 9.80 Å². The minimum atomic E-state index is -0.0165. The molecule has 0 radical (unpaired) electrons. The van der Waals surface area contributed by atoms with Crippen LogP contribution >= 0.6 is 0 Å². The Balaban J connectivity index is 1.43. The van der Waals surface area contributed by atoms with E-state index in [1.165, 1.54) is 32.7 Å². The smallest absolute Gasteiger partial charge is 0.238 e. The predicted molar refractivity (Wildman–Crippen MR) is 104 cm³/mol. The maximum atomic E-state index is 12.3. The van der Waals surface area contributed by atoms with Crippen molar-refractivity contribution in [1.29, 1.82) is 0 Å². The molecule has 3 rings (SSSR count). The van der Waals surface area contributed by atoms with E-state index >= 15 is 0 Å². The summed E-state index contributed by atoms with van der Waals surface area (Å²) < 4.78 is 0. The third-order valence-corrected chi connectivity index (χ3v) is 5.64. The van der Waals surface area contributed by atoms with Gasteiger partial charge in [0.25, 0.3) is 0 Å². The van der Waals surface area contributed by atoms with Crippen LogP contribution in [-0.2, 0) is 9.59 Å². The number of piperidine rings is 1. The van der Waals surface area contributed by atoms with Gasteiger partial charge in [-0.25, -0.2) is 0 Å². The molecule has 0 unspecified atom stereocenters. The monoisotopic (exact) mass is 358 g/mol. The predicted octanol–water partition coefficient (Wildman–Crippen LogP) is 2.17. The average molecular weight is 358 g/mol. The number of amides is 2. The van der Waals surface area contributed by atoms with Crippen LogP contribution in [0.3, 0.4) is 0 Å². The van der Waals surface area contributed by atoms with Gasteiger partial charge >= 0.3 is 0 Å². The quantitative estimate of drug-likeness (QED) is 0.876. The summed E-state index contributed by atoms with van der Waals surface area (Å²) in [5.74, 6) is -0.0000350. The Morgan fingerprint density at radius 1 is 1.19 bits per heavy atom. The molecule has 26 heavy (non-hydrogen) atoms. The van der Waals surface area contributed by atoms with Gasteiger partial charge in [0.05, 0.1) is 6.54 Å². The van der Waals surface area contributed by atoms with Gasteiger partial charge in [-0.1, -0.05) is 6.42 Å². The SMILES string of the molecule is CC(=O)N(C)c1ccc(NC(=O)CN2CC(N3CCCC[C@H]3C)C2)cc1. The maximum Gasteiger partial charge on any atom is 0.238 e. The van der Waals surface area contributed by atoms with E-state index < -0.39 is 0 Å². The average Bonchev–Trinajstić information content (AvgIpc) is 2.58. The van der Waals surface area contributed by atoms with E-state index in [0.29, 0.717) is 18.6 Å². The molecule has 2 heterocycles. The van der Waals surface area contributed by atoms with Crippen molar-refractivity contribution in [3.05, 3.63) is 24.3 Å². The molecule has 0 saturated carbocycles. The highest BCUT2D eigenvalue weighted by atomic mass is 16.2. The van der Waals surface area contributed by atoms with Gasteiger partial charge in [-0.3, -0.25) is 19.4 Å². The molecule has 2 aliphatic rings. The first-order valence-electron chi connectivity index (χ1n) is 9.56. The normalized spacial score (nSPS) is 21.9. The van der Waals surface area contributed by atoms with Crippen molar-refractivity contribution in [3.63, 3.8) is 0 Å². The summed E-state index contributed by atoms with van der Waals surface area (Å²) in [6.45, 7) is 7.46. The van der Waals surface area contributed by atoms with E-state index in [2.05, 4.69) is 22.0 Å². The fourth-order valence-electron chi connectivity index (χ4n) is 3.90. The highest BCUT2D eigenvalue weighted by molar-refractivity contribution is 5.93. The van der Waals surface area contributed by atoms with Crippen molar-refractivity contribution in [3.8, 4) is 0 Å². The molecule has 6 nitrogen and oxygen atoms in total. The molecule has 1 atom stereocenters. The lowest BCUT2D eigenvalue weighted by molar-refractivity contribution is -0.119. The number of anilines is 2. The van der Waals surface area contributed by atoms with Gasteiger partial charge in [-0.05, 0) is 50.6 Å². The Hall–Kier alpha value is -1.92. The molecule has 1 aromatic carbocycles. The zero-order valence-corrected chi connectivity index (χ0v) is 16.1. The number of hydrogen-bond donors (Lipinski definition) is 1. The summed E-state index contributed by atoms with van der Waals surface area (Å²) in [6, 6.07) is 8.64. The minimum absolute atomic E-state index is 0.0165. The third-order valence-electron chi connectivity index (χ3n) is 5.64. The summed E-state index contributed by atoms with van der Waals surface area (Å²) in [4.78, 5) is 30.0. The van der Waals surface area contributed by atoms with Gasteiger partial charge in [0.15, 0.2) is 0 Å². The van der Waals surface area contributed by atoms with Crippen LogP contribution in [-0.4, -0.2) is 66.9 Å². The van der Waals surface area contributed by atoms with Gasteiger partial charge in [-0.2, -0.15) is 0 Å². The van der Waals surface area contributed by atoms with Crippen LogP contribution in [0.5, 0.6) is 0 Å². The Labute approximate surface area is 156 Å².